The van der Waals surface area contributed by atoms with Gasteiger partial charge in [0, 0.05) is 6.54 Å². The minimum absolute atomic E-state index is 0.307. The molecule has 0 bridgehead atoms. The minimum Gasteiger partial charge on any atom is -0.480 e. The number of carboxylic acid groups (broad SMARTS) is 1. The Kier molecular flexibility index (Phi) is 2.72. The van der Waals surface area contributed by atoms with E-state index in [4.69, 9.17) is 5.11 Å². The zero-order valence-corrected chi connectivity index (χ0v) is 9.66. The van der Waals surface area contributed by atoms with Crippen molar-refractivity contribution in [2.75, 3.05) is 6.54 Å². The third kappa shape index (κ3) is 1.95. The molecule has 1 heterocycles. The van der Waals surface area contributed by atoms with Gasteiger partial charge in [-0.2, -0.15) is 0 Å². The minimum atomic E-state index is -0.768. The Bertz CT molecular complexity index is 399. The summed E-state index contributed by atoms with van der Waals surface area (Å²) in [4.78, 5) is 11.1. The highest BCUT2D eigenvalue weighted by atomic mass is 16.4. The number of rotatable bonds is 2. The number of hydrogen-bond acceptors (Lipinski definition) is 2. The zero-order valence-electron chi connectivity index (χ0n) is 9.66. The fourth-order valence-electron chi connectivity index (χ4n) is 2.22. The molecule has 0 amide bonds. The van der Waals surface area contributed by atoms with E-state index in [-0.39, 0.29) is 0 Å². The average molecular weight is 219 g/mol. The second-order valence-corrected chi connectivity index (χ2v) is 4.83. The van der Waals surface area contributed by atoms with Gasteiger partial charge in [-0.15, -0.1) is 0 Å². The van der Waals surface area contributed by atoms with Crippen LogP contribution < -0.4 is 5.32 Å². The van der Waals surface area contributed by atoms with Crippen LogP contribution in [0.25, 0.3) is 0 Å². The lowest BCUT2D eigenvalue weighted by Gasteiger charge is -2.18. The van der Waals surface area contributed by atoms with Gasteiger partial charge in [-0.3, -0.25) is 4.79 Å². The molecule has 2 rings (SSSR count). The summed E-state index contributed by atoms with van der Waals surface area (Å²) in [5, 5.41) is 12.2. The monoisotopic (exact) mass is 219 g/mol. The van der Waals surface area contributed by atoms with Gasteiger partial charge < -0.3 is 10.4 Å². The molecule has 86 valence electrons. The van der Waals surface area contributed by atoms with Crippen molar-refractivity contribution in [1.29, 1.82) is 0 Å². The quantitative estimate of drug-likeness (QED) is 0.799. The van der Waals surface area contributed by atoms with Gasteiger partial charge in [0.15, 0.2) is 0 Å². The van der Waals surface area contributed by atoms with Crippen LogP contribution in [-0.4, -0.2) is 23.2 Å². The van der Waals surface area contributed by atoms with Crippen LogP contribution >= 0.6 is 0 Å². The first-order chi connectivity index (χ1) is 7.51. The molecule has 3 nitrogen and oxygen atoms in total. The van der Waals surface area contributed by atoms with Crippen LogP contribution in [0.1, 0.15) is 30.4 Å². The first-order valence-corrected chi connectivity index (χ1v) is 5.56. The lowest BCUT2D eigenvalue weighted by Crippen LogP contribution is -2.44. The summed E-state index contributed by atoms with van der Waals surface area (Å²) in [6.07, 6.45) is 0.658. The Labute approximate surface area is 95.5 Å². The topological polar surface area (TPSA) is 49.3 Å². The molecule has 1 aromatic rings. The Morgan fingerprint density at radius 3 is 2.56 bits per heavy atom. The second-order valence-electron chi connectivity index (χ2n) is 4.83. The number of nitrogens with one attached hydrogen (secondary N) is 1. The highest BCUT2D eigenvalue weighted by molar-refractivity contribution is 5.79. The Hall–Kier alpha value is -1.35. The maximum absolute atomic E-state index is 11.1. The Morgan fingerprint density at radius 1 is 1.44 bits per heavy atom. The van der Waals surface area contributed by atoms with Crippen LogP contribution in [0.15, 0.2) is 24.3 Å². The van der Waals surface area contributed by atoms with Gasteiger partial charge >= 0.3 is 5.97 Å². The SMILES string of the molecule is Cc1ccc([C@H]2CN[C@](C)(C(=O)O)C2)cc1. The molecule has 1 aromatic carbocycles. The maximum Gasteiger partial charge on any atom is 0.323 e. The highest BCUT2D eigenvalue weighted by Crippen LogP contribution is 2.32. The van der Waals surface area contributed by atoms with E-state index in [1.165, 1.54) is 11.1 Å². The van der Waals surface area contributed by atoms with E-state index in [0.717, 1.165) is 6.54 Å². The van der Waals surface area contributed by atoms with Gasteiger partial charge in [-0.25, -0.2) is 0 Å². The number of carbonyl (C=O) groups is 1. The Morgan fingerprint density at radius 2 is 2.06 bits per heavy atom. The molecule has 1 fully saturated rings. The summed E-state index contributed by atoms with van der Waals surface area (Å²) in [6, 6.07) is 8.34. The van der Waals surface area contributed by atoms with E-state index in [0.29, 0.717) is 12.3 Å². The third-order valence-electron chi connectivity index (χ3n) is 3.41. The van der Waals surface area contributed by atoms with Crippen LogP contribution in [-0.2, 0) is 4.79 Å². The largest absolute Gasteiger partial charge is 0.480 e. The molecular formula is C13H17NO2. The van der Waals surface area contributed by atoms with E-state index in [9.17, 15) is 4.79 Å². The van der Waals surface area contributed by atoms with Crippen LogP contribution in [0, 0.1) is 6.92 Å². The van der Waals surface area contributed by atoms with Gasteiger partial charge in [0.05, 0.1) is 0 Å². The molecule has 0 spiro atoms. The van der Waals surface area contributed by atoms with Crippen molar-refractivity contribution < 1.29 is 9.90 Å². The van der Waals surface area contributed by atoms with Crippen LogP contribution in [0.5, 0.6) is 0 Å². The highest BCUT2D eigenvalue weighted by Gasteiger charge is 2.41. The van der Waals surface area contributed by atoms with Gasteiger partial charge in [0.1, 0.15) is 5.54 Å². The maximum atomic E-state index is 11.1. The number of hydrogen-bond donors (Lipinski definition) is 2. The van der Waals surface area contributed by atoms with Gasteiger partial charge in [0.25, 0.3) is 0 Å². The number of aliphatic carboxylic acids is 1. The summed E-state index contributed by atoms with van der Waals surface area (Å²) >= 11 is 0. The van der Waals surface area contributed by atoms with Gasteiger partial charge in [-0.1, -0.05) is 29.8 Å². The van der Waals surface area contributed by atoms with E-state index >= 15 is 0 Å². The fraction of sp³-hybridized carbons (Fsp3) is 0.462. The van der Waals surface area contributed by atoms with Crippen molar-refractivity contribution in [3.05, 3.63) is 35.4 Å². The van der Waals surface area contributed by atoms with Crippen molar-refractivity contribution in [3.8, 4) is 0 Å². The molecule has 1 aliphatic heterocycles. The third-order valence-corrected chi connectivity index (χ3v) is 3.41. The molecule has 3 heteroatoms. The van der Waals surface area contributed by atoms with Crippen LogP contribution in [0.3, 0.4) is 0 Å². The molecule has 1 saturated heterocycles. The van der Waals surface area contributed by atoms with Crippen molar-refractivity contribution in [2.24, 2.45) is 0 Å². The second kappa shape index (κ2) is 3.91. The summed E-state index contributed by atoms with van der Waals surface area (Å²) in [6.45, 7) is 4.55. The van der Waals surface area contributed by atoms with Crippen molar-refractivity contribution in [2.45, 2.75) is 31.7 Å². The summed E-state index contributed by atoms with van der Waals surface area (Å²) in [7, 11) is 0. The normalized spacial score (nSPS) is 29.2. The Balaban J connectivity index is 2.15. The molecule has 0 saturated carbocycles. The van der Waals surface area contributed by atoms with E-state index < -0.39 is 11.5 Å². The molecule has 0 aromatic heterocycles. The molecular weight excluding hydrogens is 202 g/mol. The fourth-order valence-corrected chi connectivity index (χ4v) is 2.22. The summed E-state index contributed by atoms with van der Waals surface area (Å²) in [5.41, 5.74) is 1.69. The van der Waals surface area contributed by atoms with Crippen molar-refractivity contribution in [1.82, 2.24) is 5.32 Å². The van der Waals surface area contributed by atoms with Crippen LogP contribution in [0.4, 0.5) is 0 Å². The smallest absolute Gasteiger partial charge is 0.323 e. The molecule has 16 heavy (non-hydrogen) atoms. The summed E-state index contributed by atoms with van der Waals surface area (Å²) in [5.74, 6) is -0.455. The lowest BCUT2D eigenvalue weighted by atomic mass is 9.90. The molecule has 2 atom stereocenters. The average Bonchev–Trinajstić information content (AvgIpc) is 2.63. The van der Waals surface area contributed by atoms with E-state index in [2.05, 4.69) is 36.5 Å². The first kappa shape index (κ1) is 11.1. The number of aryl methyl sites for hydroxylation is 1. The van der Waals surface area contributed by atoms with Gasteiger partial charge in [-0.05, 0) is 31.7 Å². The number of carboxylic acids is 1. The lowest BCUT2D eigenvalue weighted by molar-refractivity contribution is -0.143. The molecule has 2 N–H and O–H groups in total. The predicted molar refractivity (Wildman–Crippen MR) is 62.6 cm³/mol. The van der Waals surface area contributed by atoms with Gasteiger partial charge in [0.2, 0.25) is 0 Å². The van der Waals surface area contributed by atoms with E-state index in [1.807, 2.05) is 0 Å². The summed E-state index contributed by atoms with van der Waals surface area (Å²) < 4.78 is 0. The zero-order chi connectivity index (χ0) is 11.8. The van der Waals surface area contributed by atoms with Crippen molar-refractivity contribution >= 4 is 5.97 Å². The van der Waals surface area contributed by atoms with E-state index in [1.54, 1.807) is 6.92 Å². The molecule has 0 radical (unpaired) electrons. The molecule has 1 aliphatic rings. The van der Waals surface area contributed by atoms with Crippen molar-refractivity contribution in [3.63, 3.8) is 0 Å². The standard InChI is InChI=1S/C13H17NO2/c1-9-3-5-10(6-4-9)11-7-13(2,12(15)16)14-8-11/h3-6,11,14H,7-8H2,1-2H3,(H,15,16)/t11-,13+/m1/s1. The molecule has 0 aliphatic carbocycles. The molecule has 0 unspecified atom stereocenters. The number of benzene rings is 1. The predicted octanol–water partition coefficient (Wildman–Crippen LogP) is 1.92. The first-order valence-electron chi connectivity index (χ1n) is 5.56. The van der Waals surface area contributed by atoms with Crippen LogP contribution in [0.2, 0.25) is 0 Å².